The molecule has 2 nitrogen and oxygen atoms in total. The van der Waals surface area contributed by atoms with Crippen molar-refractivity contribution in [3.05, 3.63) is 158 Å². The van der Waals surface area contributed by atoms with Crippen molar-refractivity contribution in [2.24, 2.45) is 0 Å². The van der Waals surface area contributed by atoms with Crippen molar-refractivity contribution in [2.45, 2.75) is 0 Å². The Balaban J connectivity index is 0.000000176. The van der Waals surface area contributed by atoms with Crippen LogP contribution in [0.5, 0.6) is 11.5 Å². The topological polar surface area (TPSA) is 40.5 Å². The second-order valence-corrected chi connectivity index (χ2v) is 8.87. The second-order valence-electron chi connectivity index (χ2n) is 8.87. The molecule has 0 saturated carbocycles. The van der Waals surface area contributed by atoms with Crippen molar-refractivity contribution >= 4 is 0 Å². The Morgan fingerprint density at radius 3 is 0.667 bits per heavy atom. The molecule has 0 spiro atoms. The van der Waals surface area contributed by atoms with Gasteiger partial charge in [0.2, 0.25) is 0 Å². The molecule has 0 fully saturated rings. The van der Waals surface area contributed by atoms with E-state index in [-0.39, 0.29) is 22.4 Å². The second kappa shape index (κ2) is 13.5. The van der Waals surface area contributed by atoms with Crippen molar-refractivity contribution in [2.75, 3.05) is 0 Å². The minimum atomic E-state index is 0. The maximum atomic E-state index is 10.5. The van der Waals surface area contributed by atoms with Gasteiger partial charge in [-0.3, -0.25) is 0 Å². The van der Waals surface area contributed by atoms with Gasteiger partial charge in [-0.05, 0) is 22.3 Å². The normalized spacial score (nSPS) is 10.1. The van der Waals surface area contributed by atoms with Crippen molar-refractivity contribution in [1.82, 2.24) is 0 Å². The molecule has 6 rings (SSSR count). The predicted octanol–water partition coefficient (Wildman–Crippen LogP) is 9.45. The number of hydrogen-bond donors (Lipinski definition) is 2. The number of rotatable bonds is 4. The molecule has 0 aliphatic heterocycles. The summed E-state index contributed by atoms with van der Waals surface area (Å²) in [5, 5.41) is 21.0. The monoisotopic (exact) mass is 673 g/mol. The maximum absolute atomic E-state index is 10.5. The van der Waals surface area contributed by atoms with E-state index in [2.05, 4.69) is 0 Å². The van der Waals surface area contributed by atoms with Crippen LogP contribution in [0.2, 0.25) is 0 Å². The van der Waals surface area contributed by atoms with Gasteiger partial charge in [-0.1, -0.05) is 158 Å². The molecule has 0 saturated heterocycles. The number of phenols is 2. The third kappa shape index (κ3) is 6.57. The molecule has 0 bridgehead atoms. The summed E-state index contributed by atoms with van der Waals surface area (Å²) >= 11 is 0. The van der Waals surface area contributed by atoms with E-state index in [9.17, 15) is 10.2 Å². The number of benzene rings is 6. The Hall–Kier alpha value is -4.34. The summed E-state index contributed by atoms with van der Waals surface area (Å²) < 4.78 is 0. The van der Waals surface area contributed by atoms with Crippen molar-refractivity contribution in [3.63, 3.8) is 0 Å². The molecule has 0 aliphatic rings. The van der Waals surface area contributed by atoms with Gasteiger partial charge in [-0.2, -0.15) is 0 Å². The van der Waals surface area contributed by atoms with Crippen molar-refractivity contribution < 1.29 is 32.6 Å². The molecule has 0 heterocycles. The molecule has 189 valence electrons. The molecule has 6 aromatic rings. The van der Waals surface area contributed by atoms with Gasteiger partial charge in [0, 0.05) is 44.6 Å². The first-order valence-corrected chi connectivity index (χ1v) is 12.6. The van der Waals surface area contributed by atoms with Gasteiger partial charge in [0.1, 0.15) is 11.5 Å². The standard InChI is InChI=1S/2C18H14O.Ta/c2*19-18-16(14-8-3-1-4-9-14)12-7-13-17(18)15-10-5-2-6-11-15;/h2*1-13,19H;. The van der Waals surface area contributed by atoms with Crippen LogP contribution in [0, 0.1) is 0 Å². The van der Waals surface area contributed by atoms with E-state index in [1.807, 2.05) is 158 Å². The van der Waals surface area contributed by atoms with E-state index in [1.165, 1.54) is 0 Å². The van der Waals surface area contributed by atoms with Crippen LogP contribution in [0.25, 0.3) is 44.5 Å². The van der Waals surface area contributed by atoms with Crippen LogP contribution in [0.4, 0.5) is 0 Å². The molecule has 6 aromatic carbocycles. The van der Waals surface area contributed by atoms with Gasteiger partial charge in [-0.25, -0.2) is 0 Å². The van der Waals surface area contributed by atoms with Gasteiger partial charge in [-0.15, -0.1) is 0 Å². The Morgan fingerprint density at radius 1 is 0.256 bits per heavy atom. The van der Waals surface area contributed by atoms with Crippen LogP contribution in [-0.4, -0.2) is 10.2 Å². The Kier molecular flexibility index (Phi) is 9.55. The predicted molar refractivity (Wildman–Crippen MR) is 158 cm³/mol. The van der Waals surface area contributed by atoms with Crippen molar-refractivity contribution in [3.8, 4) is 56.0 Å². The Labute approximate surface area is 245 Å². The molecular weight excluding hydrogens is 645 g/mol. The van der Waals surface area contributed by atoms with Crippen molar-refractivity contribution in [1.29, 1.82) is 0 Å². The molecule has 0 unspecified atom stereocenters. The third-order valence-corrected chi connectivity index (χ3v) is 6.41. The summed E-state index contributed by atoms with van der Waals surface area (Å²) in [6.45, 7) is 0. The average Bonchev–Trinajstić information content (AvgIpc) is 2.99. The largest absolute Gasteiger partial charge is 0.507 e. The first kappa shape index (κ1) is 27.7. The quantitative estimate of drug-likeness (QED) is 0.196. The zero-order valence-electron chi connectivity index (χ0n) is 21.4. The summed E-state index contributed by atoms with van der Waals surface area (Å²) in [5.74, 6) is 0.666. The minimum absolute atomic E-state index is 0. The Morgan fingerprint density at radius 2 is 0.462 bits per heavy atom. The molecule has 1 radical (unpaired) electrons. The van der Waals surface area contributed by atoms with Crippen LogP contribution in [-0.2, 0) is 22.4 Å². The Bertz CT molecular complexity index is 1360. The molecule has 0 aliphatic carbocycles. The van der Waals surface area contributed by atoms with E-state index in [1.54, 1.807) is 0 Å². The van der Waals surface area contributed by atoms with Gasteiger partial charge in [0.15, 0.2) is 0 Å². The minimum Gasteiger partial charge on any atom is -0.507 e. The van der Waals surface area contributed by atoms with Crippen LogP contribution >= 0.6 is 0 Å². The number of para-hydroxylation sites is 2. The first-order valence-electron chi connectivity index (χ1n) is 12.6. The van der Waals surface area contributed by atoms with Gasteiger partial charge < -0.3 is 10.2 Å². The van der Waals surface area contributed by atoms with E-state index in [0.29, 0.717) is 11.5 Å². The fourth-order valence-corrected chi connectivity index (χ4v) is 4.49. The molecule has 0 atom stereocenters. The van der Waals surface area contributed by atoms with E-state index < -0.39 is 0 Å². The number of hydrogen-bond acceptors (Lipinski definition) is 2. The van der Waals surface area contributed by atoms with Gasteiger partial charge in [0.25, 0.3) is 0 Å². The molecule has 3 heteroatoms. The van der Waals surface area contributed by atoms with E-state index >= 15 is 0 Å². The fourth-order valence-electron chi connectivity index (χ4n) is 4.49. The van der Waals surface area contributed by atoms with Crippen LogP contribution < -0.4 is 0 Å². The van der Waals surface area contributed by atoms with Gasteiger partial charge >= 0.3 is 0 Å². The van der Waals surface area contributed by atoms with E-state index in [4.69, 9.17) is 0 Å². The van der Waals surface area contributed by atoms with Crippen LogP contribution in [0.3, 0.4) is 0 Å². The van der Waals surface area contributed by atoms with Gasteiger partial charge in [0.05, 0.1) is 0 Å². The van der Waals surface area contributed by atoms with E-state index in [0.717, 1.165) is 44.5 Å². The maximum Gasteiger partial charge on any atom is 0.131 e. The summed E-state index contributed by atoms with van der Waals surface area (Å²) in [6, 6.07) is 51.5. The molecular formula is C36H28O2Ta. The third-order valence-electron chi connectivity index (χ3n) is 6.41. The van der Waals surface area contributed by atoms with Crippen LogP contribution in [0.1, 0.15) is 0 Å². The molecule has 2 N–H and O–H groups in total. The fraction of sp³-hybridized carbons (Fsp3) is 0. The summed E-state index contributed by atoms with van der Waals surface area (Å²) in [4.78, 5) is 0. The SMILES string of the molecule is Oc1c(-c2ccccc2)cccc1-c1ccccc1.Oc1c(-c2ccccc2)cccc1-c1ccccc1.[Ta]. The zero-order valence-corrected chi connectivity index (χ0v) is 24.6. The molecule has 39 heavy (non-hydrogen) atoms. The first-order chi connectivity index (χ1) is 18.7. The average molecular weight is 674 g/mol. The number of phenolic OH excluding ortho intramolecular Hbond substituents is 2. The van der Waals surface area contributed by atoms with Crippen LogP contribution in [0.15, 0.2) is 158 Å². The summed E-state index contributed by atoms with van der Waals surface area (Å²) in [6.07, 6.45) is 0. The summed E-state index contributed by atoms with van der Waals surface area (Å²) in [7, 11) is 0. The molecule has 0 aromatic heterocycles. The zero-order chi connectivity index (χ0) is 26.2. The number of aromatic hydroxyl groups is 2. The summed E-state index contributed by atoms with van der Waals surface area (Å²) in [5.41, 5.74) is 7.55. The molecule has 0 amide bonds. The smallest absolute Gasteiger partial charge is 0.131 e.